The molecule has 4 aromatic carbocycles. The topological polar surface area (TPSA) is 59.0 Å². The van der Waals surface area contributed by atoms with Gasteiger partial charge in [-0.3, -0.25) is 0 Å². The van der Waals surface area contributed by atoms with Gasteiger partial charge in [0.05, 0.1) is 11.3 Å². The van der Waals surface area contributed by atoms with Crippen LogP contribution < -0.4 is 10.5 Å². The van der Waals surface area contributed by atoms with Crippen LogP contribution >= 0.6 is 15.9 Å². The van der Waals surface area contributed by atoms with Gasteiger partial charge in [0.2, 0.25) is 0 Å². The van der Waals surface area contributed by atoms with Gasteiger partial charge in [0.15, 0.2) is 6.10 Å². The van der Waals surface area contributed by atoms with E-state index in [1.807, 2.05) is 78.9 Å². The minimum Gasteiger partial charge on any atom is -0.480 e. The molecule has 4 heteroatoms. The maximum atomic E-state index is 9.99. The Hall–Kier alpha value is -3.55. The quantitative estimate of drug-likeness (QED) is 0.343. The Morgan fingerprint density at radius 2 is 1.53 bits per heavy atom. The number of anilines is 1. The van der Waals surface area contributed by atoms with Crippen LogP contribution in [0.3, 0.4) is 0 Å². The standard InChI is InChI=1S/C26H17BrN2O/c27-18-12-10-16(11-13-18)20-14-21-19-8-4-5-9-23(19)30-26(17-6-2-1-3-7-17)24(21)25(29)22(20)15-28/h1-14,26H,29H2/t26-/m0/s1. The molecule has 0 aliphatic carbocycles. The zero-order valence-corrected chi connectivity index (χ0v) is 17.6. The Morgan fingerprint density at radius 1 is 0.833 bits per heavy atom. The number of benzene rings is 4. The van der Waals surface area contributed by atoms with Crippen molar-refractivity contribution in [1.82, 2.24) is 0 Å². The molecule has 0 aromatic heterocycles. The fraction of sp³-hybridized carbons (Fsp3) is 0.0385. The van der Waals surface area contributed by atoms with Crippen LogP contribution in [0.25, 0.3) is 22.3 Å². The highest BCUT2D eigenvalue weighted by atomic mass is 79.9. The van der Waals surface area contributed by atoms with E-state index >= 15 is 0 Å². The van der Waals surface area contributed by atoms with E-state index < -0.39 is 0 Å². The molecule has 30 heavy (non-hydrogen) atoms. The molecule has 0 fully saturated rings. The fourth-order valence-electron chi connectivity index (χ4n) is 4.04. The number of nitriles is 1. The highest BCUT2D eigenvalue weighted by Gasteiger charge is 2.31. The van der Waals surface area contributed by atoms with Crippen molar-refractivity contribution in [2.75, 3.05) is 5.73 Å². The van der Waals surface area contributed by atoms with Gasteiger partial charge < -0.3 is 10.5 Å². The van der Waals surface area contributed by atoms with E-state index in [-0.39, 0.29) is 6.10 Å². The van der Waals surface area contributed by atoms with Crippen molar-refractivity contribution in [3.8, 4) is 34.1 Å². The first-order chi connectivity index (χ1) is 14.7. The summed E-state index contributed by atoms with van der Waals surface area (Å²) in [6.07, 6.45) is -0.373. The van der Waals surface area contributed by atoms with Gasteiger partial charge in [0.1, 0.15) is 11.8 Å². The number of rotatable bonds is 2. The van der Waals surface area contributed by atoms with Gasteiger partial charge >= 0.3 is 0 Å². The van der Waals surface area contributed by atoms with E-state index in [2.05, 4.69) is 28.1 Å². The van der Waals surface area contributed by atoms with Crippen molar-refractivity contribution >= 4 is 21.6 Å². The van der Waals surface area contributed by atoms with E-state index in [0.717, 1.165) is 43.6 Å². The summed E-state index contributed by atoms with van der Waals surface area (Å²) < 4.78 is 7.38. The first-order valence-electron chi connectivity index (χ1n) is 9.61. The van der Waals surface area contributed by atoms with Gasteiger partial charge in [-0.2, -0.15) is 5.26 Å². The second kappa shape index (κ2) is 7.37. The number of hydrogen-bond donors (Lipinski definition) is 1. The fourth-order valence-corrected chi connectivity index (χ4v) is 4.31. The minimum atomic E-state index is -0.373. The molecule has 0 saturated heterocycles. The van der Waals surface area contributed by atoms with Crippen molar-refractivity contribution in [1.29, 1.82) is 5.26 Å². The normalized spacial score (nSPS) is 14.2. The van der Waals surface area contributed by atoms with Crippen molar-refractivity contribution in [2.24, 2.45) is 0 Å². The van der Waals surface area contributed by atoms with Crippen LogP contribution in [-0.2, 0) is 0 Å². The summed E-state index contributed by atoms with van der Waals surface area (Å²) in [5.74, 6) is 0.810. The van der Waals surface area contributed by atoms with Gasteiger partial charge in [-0.15, -0.1) is 0 Å². The third kappa shape index (κ3) is 2.96. The highest BCUT2D eigenvalue weighted by molar-refractivity contribution is 9.10. The number of fused-ring (bicyclic) bond motifs is 3. The molecule has 1 atom stereocenters. The van der Waals surface area contributed by atoms with Gasteiger partial charge in [-0.25, -0.2) is 0 Å². The Kier molecular flexibility index (Phi) is 4.54. The number of nitrogens with zero attached hydrogens (tertiary/aromatic N) is 1. The average molecular weight is 453 g/mol. The molecule has 0 bridgehead atoms. The molecule has 1 aliphatic heterocycles. The van der Waals surface area contributed by atoms with E-state index in [9.17, 15) is 5.26 Å². The first kappa shape index (κ1) is 18.5. The smallest absolute Gasteiger partial charge is 0.152 e. The van der Waals surface area contributed by atoms with Crippen LogP contribution in [0.15, 0.2) is 89.4 Å². The Labute approximate surface area is 183 Å². The molecule has 0 spiro atoms. The molecule has 144 valence electrons. The second-order valence-corrected chi connectivity index (χ2v) is 8.11. The molecule has 3 nitrogen and oxygen atoms in total. The molecular formula is C26H17BrN2O. The summed E-state index contributed by atoms with van der Waals surface area (Å²) in [6, 6.07) is 30.3. The summed E-state index contributed by atoms with van der Waals surface area (Å²) in [5.41, 5.74) is 13.2. The van der Waals surface area contributed by atoms with Gasteiger partial charge in [-0.05, 0) is 41.0 Å². The van der Waals surface area contributed by atoms with E-state index in [1.165, 1.54) is 0 Å². The van der Waals surface area contributed by atoms with Gasteiger partial charge in [0.25, 0.3) is 0 Å². The average Bonchev–Trinajstić information content (AvgIpc) is 2.79. The summed E-state index contributed by atoms with van der Waals surface area (Å²) >= 11 is 3.48. The third-order valence-electron chi connectivity index (χ3n) is 5.46. The van der Waals surface area contributed by atoms with Crippen LogP contribution in [0, 0.1) is 11.3 Å². The molecule has 5 rings (SSSR count). The van der Waals surface area contributed by atoms with Crippen molar-refractivity contribution < 1.29 is 4.74 Å². The van der Waals surface area contributed by atoms with E-state index in [4.69, 9.17) is 10.5 Å². The maximum Gasteiger partial charge on any atom is 0.152 e. The van der Waals surface area contributed by atoms with Crippen molar-refractivity contribution in [2.45, 2.75) is 6.10 Å². The van der Waals surface area contributed by atoms with Crippen molar-refractivity contribution in [3.63, 3.8) is 0 Å². The van der Waals surface area contributed by atoms with Crippen LogP contribution in [-0.4, -0.2) is 0 Å². The lowest BCUT2D eigenvalue weighted by atomic mass is 9.83. The molecule has 1 heterocycles. The zero-order chi connectivity index (χ0) is 20.7. The summed E-state index contributed by atoms with van der Waals surface area (Å²) in [6.45, 7) is 0. The predicted octanol–water partition coefficient (Wildman–Crippen LogP) is 6.72. The number of ether oxygens (including phenoxy) is 1. The lowest BCUT2D eigenvalue weighted by Crippen LogP contribution is -2.18. The molecular weight excluding hydrogens is 436 g/mol. The first-order valence-corrected chi connectivity index (χ1v) is 10.4. The molecule has 0 amide bonds. The summed E-state index contributed by atoms with van der Waals surface area (Å²) in [5, 5.41) is 9.99. The number of halogens is 1. The van der Waals surface area contributed by atoms with Crippen LogP contribution in [0.1, 0.15) is 22.8 Å². The number of hydrogen-bond acceptors (Lipinski definition) is 3. The Morgan fingerprint density at radius 3 is 2.27 bits per heavy atom. The number of nitrogens with two attached hydrogens (primary N) is 1. The maximum absolute atomic E-state index is 9.99. The van der Waals surface area contributed by atoms with Crippen LogP contribution in [0.2, 0.25) is 0 Å². The molecule has 1 aliphatic rings. The Bertz CT molecular complexity index is 1290. The van der Waals surface area contributed by atoms with E-state index in [0.29, 0.717) is 11.3 Å². The van der Waals surface area contributed by atoms with E-state index in [1.54, 1.807) is 0 Å². The molecule has 0 unspecified atom stereocenters. The molecule has 2 N–H and O–H groups in total. The Balaban J connectivity index is 1.83. The largest absolute Gasteiger partial charge is 0.480 e. The second-order valence-electron chi connectivity index (χ2n) is 7.20. The zero-order valence-electron chi connectivity index (χ0n) is 16.0. The van der Waals surface area contributed by atoms with Crippen molar-refractivity contribution in [3.05, 3.63) is 106 Å². The monoisotopic (exact) mass is 452 g/mol. The predicted molar refractivity (Wildman–Crippen MR) is 123 cm³/mol. The third-order valence-corrected chi connectivity index (χ3v) is 5.99. The molecule has 0 radical (unpaired) electrons. The highest BCUT2D eigenvalue weighted by Crippen LogP contribution is 2.49. The lowest BCUT2D eigenvalue weighted by Gasteiger charge is -2.31. The number of para-hydroxylation sites is 1. The van der Waals surface area contributed by atoms with Crippen LogP contribution in [0.4, 0.5) is 5.69 Å². The van der Waals surface area contributed by atoms with Crippen LogP contribution in [0.5, 0.6) is 5.75 Å². The van der Waals surface area contributed by atoms with Gasteiger partial charge in [0, 0.05) is 21.2 Å². The lowest BCUT2D eigenvalue weighted by molar-refractivity contribution is 0.244. The summed E-state index contributed by atoms with van der Waals surface area (Å²) in [7, 11) is 0. The molecule has 4 aromatic rings. The summed E-state index contributed by atoms with van der Waals surface area (Å²) in [4.78, 5) is 0. The molecule has 0 saturated carbocycles. The SMILES string of the molecule is N#Cc1c(-c2ccc(Br)cc2)cc2c(c1N)[C@H](c1ccccc1)Oc1ccccc1-2. The van der Waals surface area contributed by atoms with Gasteiger partial charge in [-0.1, -0.05) is 76.6 Å². The number of nitrogen functional groups attached to an aromatic ring is 1. The minimum absolute atomic E-state index is 0.373.